The average molecular weight is 825 g/mol. The van der Waals surface area contributed by atoms with E-state index in [1.54, 1.807) is 40.8 Å². The van der Waals surface area contributed by atoms with Crippen LogP contribution in [0.3, 0.4) is 0 Å². The standard InChI is InChI=1S/C48H40N8O6/c1-59-37-21-22-38(60-2)32-26-54-46(58)56-28-34-33(27-55-45(57)53(25-31(32)37)47(54,29-15-7-5-8-16-29)48(55,56)30-17-9-6-10-18-30)43(61-3)41-42(44(34)62-4)52-40(36-20-12-14-24-50-36)39(51-41)35-19-11-13-23-49-35/h5-24H,25-28H2,1-4H3. The number of benzene rings is 4. The minimum atomic E-state index is -1.45. The molecule has 14 heteroatoms. The van der Waals surface area contributed by atoms with Crippen molar-refractivity contribution in [2.24, 2.45) is 0 Å². The fraction of sp³-hybridized carbons (Fsp3) is 0.208. The van der Waals surface area contributed by atoms with Gasteiger partial charge in [0.05, 0.1) is 66.0 Å². The number of carbonyl (C=O) groups is 2. The number of methoxy groups -OCH3 is 4. The summed E-state index contributed by atoms with van der Waals surface area (Å²) in [6, 6.07) is 34.0. The third-order valence-corrected chi connectivity index (χ3v) is 12.8. The quantitative estimate of drug-likeness (QED) is 0.150. The van der Waals surface area contributed by atoms with Crippen LogP contribution in [0.1, 0.15) is 33.4 Å². The zero-order valence-electron chi connectivity index (χ0n) is 34.4. The van der Waals surface area contributed by atoms with E-state index >= 15 is 9.59 Å². The SMILES string of the molecule is COc1ccc(OC)c2c1CN1C(=O)N3Cc4c(c(OC)c5nc(-c6ccccn6)c(-c6ccccn6)nc5c4OC)CN4C(=O)N(C2)C1(c1ccccc1)C34c1ccccc1. The molecule has 0 atom stereocenters. The van der Waals surface area contributed by atoms with Gasteiger partial charge in [-0.05, 0) is 36.4 Å². The minimum absolute atomic E-state index is 0.0198. The number of amides is 4. The van der Waals surface area contributed by atoms with Crippen molar-refractivity contribution in [2.75, 3.05) is 28.4 Å². The molecule has 4 aliphatic rings. The Morgan fingerprint density at radius 2 is 0.823 bits per heavy atom. The molecule has 2 saturated heterocycles. The molecule has 62 heavy (non-hydrogen) atoms. The molecule has 7 aromatic rings. The Hall–Kier alpha value is -7.74. The van der Waals surface area contributed by atoms with Crippen molar-refractivity contribution in [3.8, 4) is 45.8 Å². The van der Waals surface area contributed by atoms with Crippen molar-refractivity contribution in [3.63, 3.8) is 0 Å². The van der Waals surface area contributed by atoms with Crippen LogP contribution in [0.2, 0.25) is 0 Å². The van der Waals surface area contributed by atoms with Gasteiger partial charge in [0.15, 0.2) is 22.8 Å². The highest BCUT2D eigenvalue weighted by atomic mass is 16.5. The number of nitrogens with zero attached hydrogens (tertiary/aromatic N) is 8. The van der Waals surface area contributed by atoms with Crippen molar-refractivity contribution in [3.05, 3.63) is 155 Å². The average Bonchev–Trinajstić information content (AvgIpc) is 3.47. The van der Waals surface area contributed by atoms with E-state index in [9.17, 15) is 0 Å². The van der Waals surface area contributed by atoms with Crippen molar-refractivity contribution >= 4 is 23.1 Å². The molecule has 308 valence electrons. The van der Waals surface area contributed by atoms with E-state index in [4.69, 9.17) is 28.9 Å². The van der Waals surface area contributed by atoms with E-state index in [2.05, 4.69) is 9.97 Å². The number of hydrogen-bond acceptors (Lipinski definition) is 10. The van der Waals surface area contributed by atoms with Gasteiger partial charge in [0.25, 0.3) is 0 Å². The first-order valence-electron chi connectivity index (χ1n) is 20.2. The highest BCUT2D eigenvalue weighted by Crippen LogP contribution is 2.66. The topological polar surface area (TPSA) is 136 Å². The third kappa shape index (κ3) is 4.74. The van der Waals surface area contributed by atoms with Gasteiger partial charge in [-0.1, -0.05) is 72.8 Å². The summed E-state index contributed by atoms with van der Waals surface area (Å²) < 4.78 is 24.7. The Kier molecular flexibility index (Phi) is 8.36. The van der Waals surface area contributed by atoms with Crippen LogP contribution >= 0.6 is 0 Å². The summed E-state index contributed by atoms with van der Waals surface area (Å²) in [5.74, 6) is 1.99. The van der Waals surface area contributed by atoms with Gasteiger partial charge in [0.2, 0.25) is 0 Å². The van der Waals surface area contributed by atoms with Crippen LogP contribution in [0.15, 0.2) is 122 Å². The minimum Gasteiger partial charge on any atom is -0.496 e. The summed E-state index contributed by atoms with van der Waals surface area (Å²) in [4.78, 5) is 59.3. The van der Waals surface area contributed by atoms with Crippen LogP contribution < -0.4 is 18.9 Å². The molecule has 0 bridgehead atoms. The van der Waals surface area contributed by atoms with E-state index in [0.29, 0.717) is 67.9 Å². The van der Waals surface area contributed by atoms with E-state index in [-0.39, 0.29) is 38.2 Å². The van der Waals surface area contributed by atoms with Gasteiger partial charge in [-0.25, -0.2) is 19.6 Å². The van der Waals surface area contributed by atoms with E-state index in [1.165, 1.54) is 0 Å². The summed E-state index contributed by atoms with van der Waals surface area (Å²) in [6.07, 6.45) is 3.41. The summed E-state index contributed by atoms with van der Waals surface area (Å²) in [7, 11) is 6.40. The number of ether oxygens (including phenoxy) is 4. The predicted molar refractivity (Wildman–Crippen MR) is 228 cm³/mol. The third-order valence-electron chi connectivity index (χ3n) is 12.8. The molecular weight excluding hydrogens is 785 g/mol. The zero-order valence-corrected chi connectivity index (χ0v) is 34.4. The molecule has 0 spiro atoms. The van der Waals surface area contributed by atoms with E-state index in [1.807, 2.05) is 129 Å². The van der Waals surface area contributed by atoms with Gasteiger partial charge in [0.1, 0.15) is 33.9 Å². The van der Waals surface area contributed by atoms with Crippen LogP contribution in [-0.2, 0) is 37.5 Å². The van der Waals surface area contributed by atoms with Gasteiger partial charge in [0, 0.05) is 45.8 Å². The molecule has 4 aromatic carbocycles. The fourth-order valence-electron chi connectivity index (χ4n) is 10.4. The lowest BCUT2D eigenvalue weighted by Crippen LogP contribution is -2.62. The molecular formula is C48H40N8O6. The second-order valence-corrected chi connectivity index (χ2v) is 15.5. The maximum absolute atomic E-state index is 16.0. The summed E-state index contributed by atoms with van der Waals surface area (Å²) in [5.41, 5.74) is 4.44. The molecule has 0 saturated carbocycles. The molecule has 2 fully saturated rings. The smallest absolute Gasteiger partial charge is 0.325 e. The molecule has 0 N–H and O–H groups in total. The lowest BCUT2D eigenvalue weighted by atomic mass is 9.79. The van der Waals surface area contributed by atoms with Crippen LogP contribution in [0.25, 0.3) is 33.8 Å². The first-order chi connectivity index (χ1) is 30.4. The number of hydrogen-bond donors (Lipinski definition) is 0. The normalized spacial score (nSPS) is 19.7. The summed E-state index contributed by atoms with van der Waals surface area (Å²) in [5, 5.41) is 0. The molecule has 3 aromatic heterocycles. The maximum atomic E-state index is 16.0. The molecule has 11 rings (SSSR count). The van der Waals surface area contributed by atoms with Crippen molar-refractivity contribution in [1.82, 2.24) is 39.5 Å². The Bertz CT molecular complexity index is 2790. The molecule has 0 radical (unpaired) electrons. The lowest BCUT2D eigenvalue weighted by Gasteiger charge is -2.49. The number of carbonyl (C=O) groups excluding carboxylic acids is 2. The summed E-state index contributed by atoms with van der Waals surface area (Å²) in [6.45, 7) is 0.274. The van der Waals surface area contributed by atoms with Gasteiger partial charge in [-0.3, -0.25) is 29.6 Å². The van der Waals surface area contributed by atoms with Gasteiger partial charge < -0.3 is 18.9 Å². The lowest BCUT2D eigenvalue weighted by molar-refractivity contribution is -0.0795. The Morgan fingerprint density at radius 3 is 1.16 bits per heavy atom. The molecule has 7 heterocycles. The monoisotopic (exact) mass is 824 g/mol. The highest BCUT2D eigenvalue weighted by molar-refractivity contribution is 5.96. The van der Waals surface area contributed by atoms with Crippen molar-refractivity contribution < 1.29 is 28.5 Å². The number of pyridine rings is 2. The van der Waals surface area contributed by atoms with E-state index < -0.39 is 11.3 Å². The van der Waals surface area contributed by atoms with Gasteiger partial charge in [-0.15, -0.1) is 0 Å². The number of rotatable bonds is 8. The second kappa shape index (κ2) is 13.9. The first-order valence-corrected chi connectivity index (χ1v) is 20.2. The Balaban J connectivity index is 1.24. The Morgan fingerprint density at radius 1 is 0.452 bits per heavy atom. The number of urea groups is 2. The fourth-order valence-corrected chi connectivity index (χ4v) is 10.4. The van der Waals surface area contributed by atoms with Gasteiger partial charge >= 0.3 is 12.1 Å². The number of aromatic nitrogens is 4. The Labute approximate surface area is 356 Å². The van der Waals surface area contributed by atoms with Crippen molar-refractivity contribution in [2.45, 2.75) is 37.5 Å². The van der Waals surface area contributed by atoms with Crippen LogP contribution in [-0.4, -0.2) is 80.0 Å². The summed E-state index contributed by atoms with van der Waals surface area (Å²) >= 11 is 0. The molecule has 0 unspecified atom stereocenters. The van der Waals surface area contributed by atoms with E-state index in [0.717, 1.165) is 22.3 Å². The molecule has 4 amide bonds. The van der Waals surface area contributed by atoms with Crippen LogP contribution in [0.4, 0.5) is 9.59 Å². The zero-order chi connectivity index (χ0) is 42.3. The van der Waals surface area contributed by atoms with Crippen LogP contribution in [0, 0.1) is 0 Å². The van der Waals surface area contributed by atoms with Crippen LogP contribution in [0.5, 0.6) is 23.0 Å². The van der Waals surface area contributed by atoms with Gasteiger partial charge in [-0.2, -0.15) is 0 Å². The largest absolute Gasteiger partial charge is 0.496 e. The number of fused-ring (bicyclic) bond motifs is 3. The second-order valence-electron chi connectivity index (χ2n) is 15.5. The molecule has 0 aliphatic carbocycles. The highest BCUT2D eigenvalue weighted by Gasteiger charge is 2.81. The first kappa shape index (κ1) is 37.3. The predicted octanol–water partition coefficient (Wildman–Crippen LogP) is 7.70. The molecule has 4 aliphatic heterocycles. The van der Waals surface area contributed by atoms with Crippen molar-refractivity contribution in [1.29, 1.82) is 0 Å². The molecule has 14 nitrogen and oxygen atoms in total. The maximum Gasteiger partial charge on any atom is 0.325 e.